The van der Waals surface area contributed by atoms with E-state index < -0.39 is 0 Å². The summed E-state index contributed by atoms with van der Waals surface area (Å²) in [7, 11) is 1.58. The van der Waals surface area contributed by atoms with Gasteiger partial charge in [0.15, 0.2) is 6.61 Å². The first-order valence-electron chi connectivity index (χ1n) is 5.08. The number of carbonyl (C=O) groups excluding carboxylic acids is 1. The minimum Gasteiger partial charge on any atom is -0.497 e. The molecule has 4 heteroatoms. The van der Waals surface area contributed by atoms with Gasteiger partial charge in [0.25, 0.3) is 0 Å². The number of carbonyl (C=O) groups is 1. The van der Waals surface area contributed by atoms with Gasteiger partial charge in [-0.3, -0.25) is 0 Å². The predicted octanol–water partition coefficient (Wildman–Crippen LogP) is 2.03. The minimum absolute atomic E-state index is 0.0919. The SMILES string of the molecule is COc1cccc(OCC(=O)OC(C)C)c1. The van der Waals surface area contributed by atoms with Crippen LogP contribution in [0.25, 0.3) is 0 Å². The van der Waals surface area contributed by atoms with Crippen molar-refractivity contribution in [2.45, 2.75) is 20.0 Å². The van der Waals surface area contributed by atoms with Crippen LogP contribution in [-0.4, -0.2) is 25.8 Å². The van der Waals surface area contributed by atoms with Crippen LogP contribution in [-0.2, 0) is 9.53 Å². The first-order valence-corrected chi connectivity index (χ1v) is 5.08. The Kier molecular flexibility index (Phi) is 4.64. The summed E-state index contributed by atoms with van der Waals surface area (Å²) in [5.74, 6) is 0.896. The van der Waals surface area contributed by atoms with Gasteiger partial charge in [0, 0.05) is 6.07 Å². The van der Waals surface area contributed by atoms with E-state index in [2.05, 4.69) is 0 Å². The zero-order valence-electron chi connectivity index (χ0n) is 9.73. The second-order valence-electron chi connectivity index (χ2n) is 3.51. The zero-order valence-corrected chi connectivity index (χ0v) is 9.73. The molecular weight excluding hydrogens is 208 g/mol. The van der Waals surface area contributed by atoms with Crippen LogP contribution < -0.4 is 9.47 Å². The lowest BCUT2D eigenvalue weighted by molar-refractivity contribution is -0.149. The van der Waals surface area contributed by atoms with Crippen LogP contribution in [0.1, 0.15) is 13.8 Å². The first kappa shape index (κ1) is 12.4. The number of methoxy groups -OCH3 is 1. The molecule has 0 aliphatic rings. The highest BCUT2D eigenvalue weighted by Gasteiger charge is 2.06. The quantitative estimate of drug-likeness (QED) is 0.718. The summed E-state index contributed by atoms with van der Waals surface area (Å²) in [4.78, 5) is 11.2. The summed E-state index contributed by atoms with van der Waals surface area (Å²) in [5, 5.41) is 0. The molecule has 88 valence electrons. The highest BCUT2D eigenvalue weighted by Crippen LogP contribution is 2.18. The van der Waals surface area contributed by atoms with E-state index in [1.807, 2.05) is 0 Å². The molecule has 0 N–H and O–H groups in total. The Hall–Kier alpha value is -1.71. The molecule has 0 saturated heterocycles. The maximum atomic E-state index is 11.2. The largest absolute Gasteiger partial charge is 0.497 e. The van der Waals surface area contributed by atoms with Crippen LogP contribution in [0.5, 0.6) is 11.5 Å². The van der Waals surface area contributed by atoms with Gasteiger partial charge in [-0.2, -0.15) is 0 Å². The van der Waals surface area contributed by atoms with Crippen molar-refractivity contribution in [3.05, 3.63) is 24.3 Å². The fraction of sp³-hybridized carbons (Fsp3) is 0.417. The van der Waals surface area contributed by atoms with E-state index in [1.54, 1.807) is 45.2 Å². The Morgan fingerprint density at radius 1 is 1.31 bits per heavy atom. The number of benzene rings is 1. The number of esters is 1. The molecule has 1 aromatic rings. The van der Waals surface area contributed by atoms with E-state index in [9.17, 15) is 4.79 Å². The summed E-state index contributed by atoms with van der Waals surface area (Å²) in [5.41, 5.74) is 0. The van der Waals surface area contributed by atoms with Crippen molar-refractivity contribution in [1.29, 1.82) is 0 Å². The van der Waals surface area contributed by atoms with Crippen molar-refractivity contribution in [3.8, 4) is 11.5 Å². The molecule has 4 nitrogen and oxygen atoms in total. The lowest BCUT2D eigenvalue weighted by atomic mass is 10.3. The van der Waals surface area contributed by atoms with Crippen molar-refractivity contribution in [3.63, 3.8) is 0 Å². The van der Waals surface area contributed by atoms with Crippen molar-refractivity contribution < 1.29 is 19.0 Å². The summed E-state index contributed by atoms with van der Waals surface area (Å²) in [6.07, 6.45) is -0.124. The van der Waals surface area contributed by atoms with E-state index in [1.165, 1.54) is 0 Å². The molecule has 1 rings (SSSR count). The van der Waals surface area contributed by atoms with Crippen molar-refractivity contribution in [1.82, 2.24) is 0 Å². The van der Waals surface area contributed by atoms with Crippen LogP contribution in [0, 0.1) is 0 Å². The van der Waals surface area contributed by atoms with E-state index in [0.29, 0.717) is 11.5 Å². The Labute approximate surface area is 95.1 Å². The Morgan fingerprint density at radius 3 is 2.62 bits per heavy atom. The average Bonchev–Trinajstić information content (AvgIpc) is 2.26. The third-order valence-electron chi connectivity index (χ3n) is 1.77. The summed E-state index contributed by atoms with van der Waals surface area (Å²) in [6, 6.07) is 7.06. The molecule has 0 fully saturated rings. The molecule has 0 amide bonds. The fourth-order valence-corrected chi connectivity index (χ4v) is 1.13. The molecule has 0 aliphatic heterocycles. The smallest absolute Gasteiger partial charge is 0.344 e. The highest BCUT2D eigenvalue weighted by atomic mass is 16.6. The third kappa shape index (κ3) is 4.21. The molecule has 0 aliphatic carbocycles. The van der Waals surface area contributed by atoms with Gasteiger partial charge in [0.2, 0.25) is 0 Å². The van der Waals surface area contributed by atoms with Crippen molar-refractivity contribution >= 4 is 5.97 Å². The highest BCUT2D eigenvalue weighted by molar-refractivity contribution is 5.71. The predicted molar refractivity (Wildman–Crippen MR) is 59.7 cm³/mol. The number of rotatable bonds is 5. The van der Waals surface area contributed by atoms with Crippen LogP contribution in [0.4, 0.5) is 0 Å². The van der Waals surface area contributed by atoms with Gasteiger partial charge in [-0.25, -0.2) is 4.79 Å². The molecule has 1 aromatic carbocycles. The summed E-state index contributed by atoms with van der Waals surface area (Å²) >= 11 is 0. The topological polar surface area (TPSA) is 44.8 Å². The molecule has 0 bridgehead atoms. The molecule has 0 spiro atoms. The van der Waals surface area contributed by atoms with E-state index in [4.69, 9.17) is 14.2 Å². The van der Waals surface area contributed by atoms with Gasteiger partial charge < -0.3 is 14.2 Å². The van der Waals surface area contributed by atoms with Gasteiger partial charge >= 0.3 is 5.97 Å². The van der Waals surface area contributed by atoms with Gasteiger partial charge in [0.05, 0.1) is 13.2 Å². The summed E-state index contributed by atoms with van der Waals surface area (Å²) in [6.45, 7) is 3.50. The molecule has 0 radical (unpaired) electrons. The first-order chi connectivity index (χ1) is 7.61. The van der Waals surface area contributed by atoms with Crippen LogP contribution in [0.3, 0.4) is 0 Å². The second-order valence-corrected chi connectivity index (χ2v) is 3.51. The lowest BCUT2D eigenvalue weighted by Gasteiger charge is -2.09. The number of hydrogen-bond acceptors (Lipinski definition) is 4. The third-order valence-corrected chi connectivity index (χ3v) is 1.77. The van der Waals surface area contributed by atoms with Crippen molar-refractivity contribution in [2.75, 3.05) is 13.7 Å². The van der Waals surface area contributed by atoms with E-state index >= 15 is 0 Å². The molecule has 0 heterocycles. The molecule has 0 saturated carbocycles. The van der Waals surface area contributed by atoms with Crippen molar-refractivity contribution in [2.24, 2.45) is 0 Å². The number of ether oxygens (including phenoxy) is 3. The minimum atomic E-state index is -0.377. The fourth-order valence-electron chi connectivity index (χ4n) is 1.13. The molecule has 0 atom stereocenters. The Morgan fingerprint density at radius 2 is 2.00 bits per heavy atom. The van der Waals surface area contributed by atoms with Crippen LogP contribution in [0.15, 0.2) is 24.3 Å². The van der Waals surface area contributed by atoms with E-state index in [-0.39, 0.29) is 18.7 Å². The Bertz CT molecular complexity index is 347. The Balaban J connectivity index is 2.45. The lowest BCUT2D eigenvalue weighted by Crippen LogP contribution is -2.18. The normalized spacial score (nSPS) is 10.0. The van der Waals surface area contributed by atoms with E-state index in [0.717, 1.165) is 0 Å². The zero-order chi connectivity index (χ0) is 12.0. The monoisotopic (exact) mass is 224 g/mol. The molecule has 16 heavy (non-hydrogen) atoms. The maximum absolute atomic E-state index is 11.2. The molecule has 0 aromatic heterocycles. The molecule has 0 unspecified atom stereocenters. The van der Waals surface area contributed by atoms with Crippen LogP contribution in [0.2, 0.25) is 0 Å². The average molecular weight is 224 g/mol. The standard InChI is InChI=1S/C12H16O4/c1-9(2)16-12(13)8-15-11-6-4-5-10(7-11)14-3/h4-7,9H,8H2,1-3H3. The number of hydrogen-bond donors (Lipinski definition) is 0. The summed E-state index contributed by atoms with van der Waals surface area (Å²) < 4.78 is 15.2. The van der Waals surface area contributed by atoms with Gasteiger partial charge in [-0.1, -0.05) is 6.07 Å². The van der Waals surface area contributed by atoms with Gasteiger partial charge in [-0.05, 0) is 26.0 Å². The molecular formula is C12H16O4. The van der Waals surface area contributed by atoms with Crippen LogP contribution >= 0.6 is 0 Å². The van der Waals surface area contributed by atoms with Gasteiger partial charge in [-0.15, -0.1) is 0 Å². The van der Waals surface area contributed by atoms with Gasteiger partial charge in [0.1, 0.15) is 11.5 Å². The maximum Gasteiger partial charge on any atom is 0.344 e. The second kappa shape index (κ2) is 6.00.